The molecule has 0 spiro atoms. The van der Waals surface area contributed by atoms with Crippen molar-refractivity contribution in [1.29, 1.82) is 0 Å². The highest BCUT2D eigenvalue weighted by Crippen LogP contribution is 2.18. The number of hydrogen-bond acceptors (Lipinski definition) is 4. The molecule has 0 bridgehead atoms. The van der Waals surface area contributed by atoms with Crippen molar-refractivity contribution in [3.05, 3.63) is 24.3 Å². The number of sulfonamides is 1. The van der Waals surface area contributed by atoms with Gasteiger partial charge < -0.3 is 9.84 Å². The molecule has 0 aliphatic heterocycles. The van der Waals surface area contributed by atoms with Gasteiger partial charge in [0, 0.05) is 20.2 Å². The molecule has 1 N–H and O–H groups in total. The molecule has 0 saturated carbocycles. The Kier molecular flexibility index (Phi) is 4.92. The summed E-state index contributed by atoms with van der Waals surface area (Å²) in [4.78, 5) is 0.174. The van der Waals surface area contributed by atoms with Gasteiger partial charge in [-0.05, 0) is 24.3 Å². The van der Waals surface area contributed by atoms with Gasteiger partial charge in [-0.25, -0.2) is 8.42 Å². The van der Waals surface area contributed by atoms with E-state index in [1.54, 1.807) is 6.92 Å². The van der Waals surface area contributed by atoms with Gasteiger partial charge in [-0.3, -0.25) is 0 Å². The molecular weight excluding hydrogens is 242 g/mol. The van der Waals surface area contributed by atoms with Gasteiger partial charge >= 0.3 is 0 Å². The van der Waals surface area contributed by atoms with Crippen molar-refractivity contribution in [1.82, 2.24) is 4.31 Å². The Labute approximate surface area is 102 Å². The number of nitrogens with zero attached hydrogens (tertiary/aromatic N) is 1. The van der Waals surface area contributed by atoms with E-state index in [2.05, 4.69) is 0 Å². The molecule has 0 aromatic heterocycles. The van der Waals surface area contributed by atoms with Crippen molar-refractivity contribution in [2.24, 2.45) is 0 Å². The zero-order valence-corrected chi connectivity index (χ0v) is 10.8. The highest BCUT2D eigenvalue weighted by atomic mass is 32.2. The van der Waals surface area contributed by atoms with Gasteiger partial charge in [0.1, 0.15) is 5.75 Å². The summed E-state index contributed by atoms with van der Waals surface area (Å²) in [7, 11) is -1.97. The van der Waals surface area contributed by atoms with E-state index in [4.69, 9.17) is 9.84 Å². The molecule has 1 aromatic rings. The highest BCUT2D eigenvalue weighted by molar-refractivity contribution is 7.89. The van der Waals surface area contributed by atoms with Crippen LogP contribution in [-0.2, 0) is 14.8 Å². The summed E-state index contributed by atoms with van der Waals surface area (Å²) < 4.78 is 30.6. The van der Waals surface area contributed by atoms with E-state index in [0.717, 1.165) is 0 Å². The van der Waals surface area contributed by atoms with Crippen LogP contribution in [0.4, 0.5) is 0 Å². The third-order valence-corrected chi connectivity index (χ3v) is 4.36. The van der Waals surface area contributed by atoms with Crippen LogP contribution in [0, 0.1) is 0 Å². The van der Waals surface area contributed by atoms with Gasteiger partial charge in [-0.15, -0.1) is 0 Å². The van der Waals surface area contributed by atoms with Gasteiger partial charge in [0.2, 0.25) is 10.0 Å². The van der Waals surface area contributed by atoms with Gasteiger partial charge in [0.05, 0.1) is 11.5 Å². The monoisotopic (exact) mass is 259 g/mol. The van der Waals surface area contributed by atoms with Crippen molar-refractivity contribution in [3.63, 3.8) is 0 Å². The van der Waals surface area contributed by atoms with Crippen LogP contribution in [0.15, 0.2) is 29.2 Å². The van der Waals surface area contributed by atoms with Crippen LogP contribution in [0.3, 0.4) is 0 Å². The van der Waals surface area contributed by atoms with E-state index in [1.165, 1.54) is 35.7 Å². The fraction of sp³-hybridized carbons (Fsp3) is 0.455. The molecule has 0 radical (unpaired) electrons. The Hall–Kier alpha value is -1.11. The largest absolute Gasteiger partial charge is 0.508 e. The summed E-state index contributed by atoms with van der Waals surface area (Å²) in [5.41, 5.74) is 0. The summed E-state index contributed by atoms with van der Waals surface area (Å²) >= 11 is 0. The molecule has 0 fully saturated rings. The smallest absolute Gasteiger partial charge is 0.243 e. The summed E-state index contributed by atoms with van der Waals surface area (Å²) in [5.74, 6) is 0.0453. The van der Waals surface area contributed by atoms with Crippen LogP contribution in [0.25, 0.3) is 0 Å². The Morgan fingerprint density at radius 1 is 1.29 bits per heavy atom. The maximum atomic E-state index is 12.2. The first-order valence-corrected chi connectivity index (χ1v) is 6.74. The summed E-state index contributed by atoms with van der Waals surface area (Å²) in [6.45, 7) is 2.82. The van der Waals surface area contributed by atoms with Gasteiger partial charge in [0.15, 0.2) is 0 Å². The molecule has 1 rings (SSSR count). The molecule has 96 valence electrons. The van der Waals surface area contributed by atoms with E-state index < -0.39 is 10.0 Å². The number of rotatable bonds is 6. The zero-order valence-electron chi connectivity index (χ0n) is 9.96. The molecule has 0 heterocycles. The average Bonchev–Trinajstić information content (AvgIpc) is 2.30. The number of phenols is 1. The van der Waals surface area contributed by atoms with Crippen LogP contribution >= 0.6 is 0 Å². The van der Waals surface area contributed by atoms with Crippen molar-refractivity contribution < 1.29 is 18.3 Å². The van der Waals surface area contributed by atoms with E-state index in [-0.39, 0.29) is 10.6 Å². The number of ether oxygens (including phenoxy) is 1. The Morgan fingerprint density at radius 3 is 2.35 bits per heavy atom. The topological polar surface area (TPSA) is 66.8 Å². The predicted molar refractivity (Wildman–Crippen MR) is 64.4 cm³/mol. The lowest BCUT2D eigenvalue weighted by molar-refractivity contribution is 0.180. The Morgan fingerprint density at radius 2 is 1.88 bits per heavy atom. The first kappa shape index (κ1) is 14.0. The lowest BCUT2D eigenvalue weighted by atomic mass is 10.3. The van der Waals surface area contributed by atoms with Crippen molar-refractivity contribution in [2.45, 2.75) is 11.8 Å². The SMILES string of the molecule is CCN(CCOC)S(=O)(=O)c1ccc(O)cc1. The lowest BCUT2D eigenvalue weighted by Crippen LogP contribution is -2.33. The average molecular weight is 259 g/mol. The second-order valence-electron chi connectivity index (χ2n) is 3.48. The first-order chi connectivity index (χ1) is 8.02. The van der Waals surface area contributed by atoms with Crippen LogP contribution in [0.2, 0.25) is 0 Å². The molecule has 5 nitrogen and oxygen atoms in total. The molecule has 0 unspecified atom stereocenters. The Balaban J connectivity index is 2.95. The number of aromatic hydroxyl groups is 1. The number of benzene rings is 1. The normalized spacial score (nSPS) is 11.9. The van der Waals surface area contributed by atoms with Crippen LogP contribution in [0.5, 0.6) is 5.75 Å². The number of methoxy groups -OCH3 is 1. The molecule has 0 aliphatic rings. The van der Waals surface area contributed by atoms with Gasteiger partial charge in [-0.1, -0.05) is 6.92 Å². The third-order valence-electron chi connectivity index (χ3n) is 2.37. The summed E-state index contributed by atoms with van der Waals surface area (Å²) in [6.07, 6.45) is 0. The zero-order chi connectivity index (χ0) is 12.9. The van der Waals surface area contributed by atoms with E-state index in [9.17, 15) is 8.42 Å². The number of hydrogen-bond donors (Lipinski definition) is 1. The lowest BCUT2D eigenvalue weighted by Gasteiger charge is -2.19. The van der Waals surface area contributed by atoms with Gasteiger partial charge in [-0.2, -0.15) is 4.31 Å². The molecule has 1 aromatic carbocycles. The van der Waals surface area contributed by atoms with Crippen molar-refractivity contribution >= 4 is 10.0 Å². The summed E-state index contributed by atoms with van der Waals surface area (Å²) in [5, 5.41) is 9.13. The fourth-order valence-electron chi connectivity index (χ4n) is 1.41. The number of likely N-dealkylation sites (N-methyl/N-ethyl adjacent to an activating group) is 1. The maximum absolute atomic E-state index is 12.2. The maximum Gasteiger partial charge on any atom is 0.243 e. The summed E-state index contributed by atoms with van der Waals surface area (Å²) in [6, 6.07) is 5.49. The second-order valence-corrected chi connectivity index (χ2v) is 5.42. The third kappa shape index (κ3) is 3.42. The molecule has 17 heavy (non-hydrogen) atoms. The molecule has 6 heteroatoms. The molecule has 0 atom stereocenters. The Bertz CT molecular complexity index is 441. The molecular formula is C11H17NO4S. The minimum Gasteiger partial charge on any atom is -0.508 e. The van der Waals surface area contributed by atoms with Crippen molar-refractivity contribution in [2.75, 3.05) is 26.8 Å². The molecule has 0 amide bonds. The standard InChI is InChI=1S/C11H17NO4S/c1-3-12(8-9-16-2)17(14,15)11-6-4-10(13)5-7-11/h4-7,13H,3,8-9H2,1-2H3. The van der Waals surface area contributed by atoms with Crippen molar-refractivity contribution in [3.8, 4) is 5.75 Å². The minimum atomic E-state index is -3.50. The second kappa shape index (κ2) is 6.00. The van der Waals surface area contributed by atoms with Gasteiger partial charge in [0.25, 0.3) is 0 Å². The minimum absolute atomic E-state index is 0.0453. The van der Waals surface area contributed by atoms with Crippen LogP contribution in [-0.4, -0.2) is 44.6 Å². The quantitative estimate of drug-likeness (QED) is 0.829. The number of phenolic OH excluding ortho intramolecular Hbond substituents is 1. The van der Waals surface area contributed by atoms with E-state index in [0.29, 0.717) is 19.7 Å². The predicted octanol–water partition coefficient (Wildman–Crippen LogP) is 1.05. The van der Waals surface area contributed by atoms with Crippen LogP contribution < -0.4 is 0 Å². The van der Waals surface area contributed by atoms with Crippen LogP contribution in [0.1, 0.15) is 6.92 Å². The molecule has 0 aliphatic carbocycles. The first-order valence-electron chi connectivity index (χ1n) is 5.30. The van der Waals surface area contributed by atoms with E-state index >= 15 is 0 Å². The molecule has 0 saturated heterocycles. The fourth-order valence-corrected chi connectivity index (χ4v) is 2.84. The van der Waals surface area contributed by atoms with E-state index in [1.807, 2.05) is 0 Å². The highest BCUT2D eigenvalue weighted by Gasteiger charge is 2.22.